The zero-order valence-electron chi connectivity index (χ0n) is 8.68. The SMILES string of the molecule is CC(C)Oc1cccc([C@H](O)C(=O)O)c1. The number of aliphatic hydroxyl groups is 1. The molecule has 0 saturated heterocycles. The number of hydrogen-bond donors (Lipinski definition) is 2. The van der Waals surface area contributed by atoms with Gasteiger partial charge in [-0.15, -0.1) is 0 Å². The van der Waals surface area contributed by atoms with Crippen molar-refractivity contribution in [2.75, 3.05) is 0 Å². The minimum atomic E-state index is -1.50. The van der Waals surface area contributed by atoms with Crippen LogP contribution in [0.2, 0.25) is 0 Å². The average molecular weight is 210 g/mol. The molecule has 0 aliphatic rings. The van der Waals surface area contributed by atoms with Crippen LogP contribution in [0.3, 0.4) is 0 Å². The first kappa shape index (κ1) is 11.5. The number of carbonyl (C=O) groups is 1. The summed E-state index contributed by atoms with van der Waals surface area (Å²) in [6, 6.07) is 6.45. The number of aliphatic hydroxyl groups excluding tert-OH is 1. The van der Waals surface area contributed by atoms with Crippen LogP contribution < -0.4 is 4.74 Å². The molecule has 1 aromatic rings. The standard InChI is InChI=1S/C11H14O4/c1-7(2)15-9-5-3-4-8(6-9)10(12)11(13)14/h3-7,10,12H,1-2H3,(H,13,14)/t10-/m0/s1. The third-order valence-corrected chi connectivity index (χ3v) is 1.78. The third kappa shape index (κ3) is 3.25. The molecule has 0 fully saturated rings. The monoisotopic (exact) mass is 210 g/mol. The van der Waals surface area contributed by atoms with Gasteiger partial charge in [-0.2, -0.15) is 0 Å². The Balaban J connectivity index is 2.87. The van der Waals surface area contributed by atoms with Crippen LogP contribution in [0.1, 0.15) is 25.5 Å². The first-order valence-corrected chi connectivity index (χ1v) is 4.68. The highest BCUT2D eigenvalue weighted by molar-refractivity contribution is 5.74. The van der Waals surface area contributed by atoms with E-state index in [1.54, 1.807) is 18.2 Å². The van der Waals surface area contributed by atoms with E-state index in [1.165, 1.54) is 6.07 Å². The highest BCUT2D eigenvalue weighted by Crippen LogP contribution is 2.20. The van der Waals surface area contributed by atoms with Crippen molar-refractivity contribution in [1.29, 1.82) is 0 Å². The Morgan fingerprint density at radius 1 is 1.40 bits per heavy atom. The molecule has 15 heavy (non-hydrogen) atoms. The van der Waals surface area contributed by atoms with Crippen LogP contribution in [0.4, 0.5) is 0 Å². The van der Waals surface area contributed by atoms with Gasteiger partial charge in [-0.05, 0) is 31.5 Å². The number of carboxylic acid groups (broad SMARTS) is 1. The van der Waals surface area contributed by atoms with Crippen molar-refractivity contribution < 1.29 is 19.7 Å². The van der Waals surface area contributed by atoms with Gasteiger partial charge in [-0.3, -0.25) is 0 Å². The summed E-state index contributed by atoms with van der Waals surface area (Å²) in [5, 5.41) is 17.9. The van der Waals surface area contributed by atoms with E-state index in [0.717, 1.165) is 0 Å². The molecule has 1 aromatic carbocycles. The molecule has 0 aliphatic carbocycles. The lowest BCUT2D eigenvalue weighted by molar-refractivity contribution is -0.146. The quantitative estimate of drug-likeness (QED) is 0.792. The fraction of sp³-hybridized carbons (Fsp3) is 0.364. The summed E-state index contributed by atoms with van der Waals surface area (Å²) in [5.41, 5.74) is 0.320. The third-order valence-electron chi connectivity index (χ3n) is 1.78. The molecule has 0 radical (unpaired) electrons. The van der Waals surface area contributed by atoms with Gasteiger partial charge in [0.15, 0.2) is 6.10 Å². The van der Waals surface area contributed by atoms with Crippen LogP contribution >= 0.6 is 0 Å². The van der Waals surface area contributed by atoms with E-state index in [1.807, 2.05) is 13.8 Å². The van der Waals surface area contributed by atoms with Crippen molar-refractivity contribution in [3.05, 3.63) is 29.8 Å². The van der Waals surface area contributed by atoms with Crippen molar-refractivity contribution in [3.8, 4) is 5.75 Å². The summed E-state index contributed by atoms with van der Waals surface area (Å²) in [7, 11) is 0. The Morgan fingerprint density at radius 2 is 2.07 bits per heavy atom. The van der Waals surface area contributed by atoms with Crippen molar-refractivity contribution in [1.82, 2.24) is 0 Å². The topological polar surface area (TPSA) is 66.8 Å². The molecular weight excluding hydrogens is 196 g/mol. The Bertz CT molecular complexity index is 346. The van der Waals surface area contributed by atoms with E-state index in [-0.39, 0.29) is 6.10 Å². The number of aliphatic carboxylic acids is 1. The maximum atomic E-state index is 10.5. The molecule has 0 bridgehead atoms. The molecule has 0 heterocycles. The molecule has 1 atom stereocenters. The van der Waals surface area contributed by atoms with Crippen LogP contribution in [-0.4, -0.2) is 22.3 Å². The molecule has 0 spiro atoms. The Hall–Kier alpha value is -1.55. The first-order valence-electron chi connectivity index (χ1n) is 4.68. The fourth-order valence-electron chi connectivity index (χ4n) is 1.17. The normalized spacial score (nSPS) is 12.5. The lowest BCUT2D eigenvalue weighted by Gasteiger charge is -2.12. The molecule has 82 valence electrons. The van der Waals surface area contributed by atoms with Gasteiger partial charge < -0.3 is 14.9 Å². The fourth-order valence-corrected chi connectivity index (χ4v) is 1.17. The maximum Gasteiger partial charge on any atom is 0.337 e. The maximum absolute atomic E-state index is 10.5. The number of carboxylic acids is 1. The molecule has 0 amide bonds. The number of benzene rings is 1. The minimum absolute atomic E-state index is 0.0159. The van der Waals surface area contributed by atoms with Crippen molar-refractivity contribution in [3.63, 3.8) is 0 Å². The highest BCUT2D eigenvalue weighted by atomic mass is 16.5. The zero-order chi connectivity index (χ0) is 11.4. The van der Waals surface area contributed by atoms with Crippen LogP contribution in [0.5, 0.6) is 5.75 Å². The van der Waals surface area contributed by atoms with Crippen molar-refractivity contribution in [2.45, 2.75) is 26.1 Å². The first-order chi connectivity index (χ1) is 7.00. The Morgan fingerprint density at radius 3 is 2.60 bits per heavy atom. The summed E-state index contributed by atoms with van der Waals surface area (Å²) in [6.07, 6.45) is -1.48. The van der Waals surface area contributed by atoms with E-state index >= 15 is 0 Å². The van der Waals surface area contributed by atoms with Gasteiger partial charge in [-0.1, -0.05) is 12.1 Å². The average Bonchev–Trinajstić information content (AvgIpc) is 2.16. The van der Waals surface area contributed by atoms with Gasteiger partial charge in [0.05, 0.1) is 6.10 Å². The van der Waals surface area contributed by atoms with Crippen LogP contribution in [0.25, 0.3) is 0 Å². The van der Waals surface area contributed by atoms with Crippen molar-refractivity contribution >= 4 is 5.97 Å². The van der Waals surface area contributed by atoms with E-state index < -0.39 is 12.1 Å². The largest absolute Gasteiger partial charge is 0.491 e. The summed E-state index contributed by atoms with van der Waals surface area (Å²) >= 11 is 0. The summed E-state index contributed by atoms with van der Waals surface area (Å²) in [4.78, 5) is 10.5. The van der Waals surface area contributed by atoms with Crippen LogP contribution in [0, 0.1) is 0 Å². The molecule has 4 heteroatoms. The van der Waals surface area contributed by atoms with Crippen LogP contribution in [0.15, 0.2) is 24.3 Å². The van der Waals surface area contributed by atoms with E-state index in [4.69, 9.17) is 9.84 Å². The molecule has 1 rings (SSSR count). The Labute approximate surface area is 88.1 Å². The number of ether oxygens (including phenoxy) is 1. The number of rotatable bonds is 4. The highest BCUT2D eigenvalue weighted by Gasteiger charge is 2.16. The van der Waals surface area contributed by atoms with Gasteiger partial charge in [0.1, 0.15) is 5.75 Å². The van der Waals surface area contributed by atoms with Crippen molar-refractivity contribution in [2.24, 2.45) is 0 Å². The predicted molar refractivity (Wildman–Crippen MR) is 54.8 cm³/mol. The Kier molecular flexibility index (Phi) is 3.68. The van der Waals surface area contributed by atoms with E-state index in [2.05, 4.69) is 0 Å². The van der Waals surface area contributed by atoms with E-state index in [0.29, 0.717) is 11.3 Å². The molecule has 0 aromatic heterocycles. The molecule has 4 nitrogen and oxygen atoms in total. The predicted octanol–water partition coefficient (Wildman–Crippen LogP) is 1.59. The van der Waals surface area contributed by atoms with Gasteiger partial charge in [0.25, 0.3) is 0 Å². The summed E-state index contributed by atoms with van der Waals surface area (Å²) in [6.45, 7) is 3.75. The van der Waals surface area contributed by atoms with Gasteiger partial charge in [0.2, 0.25) is 0 Å². The second-order valence-electron chi connectivity index (χ2n) is 3.48. The van der Waals surface area contributed by atoms with Gasteiger partial charge in [0, 0.05) is 0 Å². The van der Waals surface area contributed by atoms with Gasteiger partial charge in [-0.25, -0.2) is 4.79 Å². The second kappa shape index (κ2) is 4.79. The summed E-state index contributed by atoms with van der Waals surface area (Å²) in [5.74, 6) is -0.709. The summed E-state index contributed by atoms with van der Waals surface area (Å²) < 4.78 is 5.38. The molecule has 0 saturated carbocycles. The molecule has 0 aliphatic heterocycles. The van der Waals surface area contributed by atoms with E-state index in [9.17, 15) is 9.90 Å². The van der Waals surface area contributed by atoms with Crippen LogP contribution in [-0.2, 0) is 4.79 Å². The lowest BCUT2D eigenvalue weighted by atomic mass is 10.1. The second-order valence-corrected chi connectivity index (χ2v) is 3.48. The zero-order valence-corrected chi connectivity index (χ0v) is 8.68. The number of hydrogen-bond acceptors (Lipinski definition) is 3. The van der Waals surface area contributed by atoms with Gasteiger partial charge >= 0.3 is 5.97 Å². The lowest BCUT2D eigenvalue weighted by Crippen LogP contribution is -2.11. The molecule has 0 unspecified atom stereocenters. The molecule has 2 N–H and O–H groups in total. The molecular formula is C11H14O4. The smallest absolute Gasteiger partial charge is 0.337 e. The minimum Gasteiger partial charge on any atom is -0.491 e.